The Morgan fingerprint density at radius 2 is 1.88 bits per heavy atom. The smallest absolute Gasteiger partial charge is 0.201 e. The average Bonchev–Trinajstić information content (AvgIpc) is 2.88. The topological polar surface area (TPSA) is 79.4 Å². The molecule has 0 aliphatic carbocycles. The fourth-order valence-electron chi connectivity index (χ4n) is 4.51. The zero-order chi connectivity index (χ0) is 18.5. The monoisotopic (exact) mass is 349 g/mol. The SMILES string of the molecule is COc1ccc(CN2C3c4ccccc4C2(C)C(=O)C(=N)C3CN)cc1. The van der Waals surface area contributed by atoms with Gasteiger partial charge >= 0.3 is 0 Å². The number of nitrogens with two attached hydrogens (primary N) is 1. The Balaban J connectivity index is 1.81. The maximum atomic E-state index is 13.2. The predicted molar refractivity (Wildman–Crippen MR) is 100 cm³/mol. The molecular formula is C21H23N3O2. The Kier molecular flexibility index (Phi) is 3.93. The van der Waals surface area contributed by atoms with Gasteiger partial charge in [0, 0.05) is 25.0 Å². The highest BCUT2D eigenvalue weighted by Crippen LogP contribution is 2.54. The van der Waals surface area contributed by atoms with Crippen LogP contribution in [-0.4, -0.2) is 30.0 Å². The quantitative estimate of drug-likeness (QED) is 0.889. The van der Waals surface area contributed by atoms with E-state index in [1.165, 1.54) is 0 Å². The van der Waals surface area contributed by atoms with Crippen LogP contribution in [0.25, 0.3) is 0 Å². The third-order valence-electron chi connectivity index (χ3n) is 5.92. The van der Waals surface area contributed by atoms with Crippen molar-refractivity contribution in [1.82, 2.24) is 4.90 Å². The largest absolute Gasteiger partial charge is 0.497 e. The lowest BCUT2D eigenvalue weighted by atomic mass is 9.79. The molecule has 2 aromatic carbocycles. The van der Waals surface area contributed by atoms with Gasteiger partial charge in [-0.1, -0.05) is 36.4 Å². The van der Waals surface area contributed by atoms with Crippen LogP contribution in [0.3, 0.4) is 0 Å². The first-order valence-electron chi connectivity index (χ1n) is 8.84. The molecule has 26 heavy (non-hydrogen) atoms. The molecule has 0 saturated carbocycles. The van der Waals surface area contributed by atoms with Gasteiger partial charge in [-0.3, -0.25) is 9.69 Å². The van der Waals surface area contributed by atoms with E-state index in [4.69, 9.17) is 15.9 Å². The second kappa shape index (κ2) is 6.04. The molecule has 4 rings (SSSR count). The molecule has 0 aromatic heterocycles. The minimum atomic E-state index is -0.816. The van der Waals surface area contributed by atoms with Crippen LogP contribution in [0, 0.1) is 11.3 Å². The Morgan fingerprint density at radius 3 is 2.54 bits per heavy atom. The Labute approximate surface area is 153 Å². The summed E-state index contributed by atoms with van der Waals surface area (Å²) in [4.78, 5) is 15.4. The van der Waals surface area contributed by atoms with Crippen molar-refractivity contribution in [3.63, 3.8) is 0 Å². The Morgan fingerprint density at radius 1 is 1.19 bits per heavy atom. The van der Waals surface area contributed by atoms with Gasteiger partial charge < -0.3 is 15.9 Å². The van der Waals surface area contributed by atoms with E-state index in [9.17, 15) is 4.79 Å². The number of methoxy groups -OCH3 is 1. The number of Topliss-reactive ketones (excluding diaryl/α,β-unsaturated/α-hetero) is 1. The summed E-state index contributed by atoms with van der Waals surface area (Å²) in [6.45, 7) is 2.85. The molecular weight excluding hydrogens is 326 g/mol. The lowest BCUT2D eigenvalue weighted by Crippen LogP contribution is -2.57. The predicted octanol–water partition coefficient (Wildman–Crippen LogP) is 2.64. The van der Waals surface area contributed by atoms with Crippen LogP contribution in [0.1, 0.15) is 29.7 Å². The minimum absolute atomic E-state index is 0.0477. The Hall–Kier alpha value is -2.50. The first-order valence-corrected chi connectivity index (χ1v) is 8.84. The zero-order valence-corrected chi connectivity index (χ0v) is 15.0. The highest BCUT2D eigenvalue weighted by Gasteiger charge is 2.59. The molecule has 2 aromatic rings. The van der Waals surface area contributed by atoms with Crippen molar-refractivity contribution in [2.24, 2.45) is 11.7 Å². The van der Waals surface area contributed by atoms with Crippen molar-refractivity contribution in [3.05, 3.63) is 65.2 Å². The van der Waals surface area contributed by atoms with Crippen LogP contribution in [-0.2, 0) is 16.9 Å². The Bertz CT molecular complexity index is 877. The summed E-state index contributed by atoms with van der Waals surface area (Å²) >= 11 is 0. The van der Waals surface area contributed by atoms with Crippen LogP contribution in [0.5, 0.6) is 5.75 Å². The van der Waals surface area contributed by atoms with Crippen molar-refractivity contribution >= 4 is 11.5 Å². The highest BCUT2D eigenvalue weighted by atomic mass is 16.5. The van der Waals surface area contributed by atoms with Crippen molar-refractivity contribution < 1.29 is 9.53 Å². The van der Waals surface area contributed by atoms with Gasteiger partial charge in [-0.15, -0.1) is 0 Å². The number of carbonyl (C=O) groups is 1. The fourth-order valence-corrected chi connectivity index (χ4v) is 4.51. The van der Waals surface area contributed by atoms with Gasteiger partial charge in [-0.2, -0.15) is 0 Å². The second-order valence-corrected chi connectivity index (χ2v) is 7.17. The van der Waals surface area contributed by atoms with E-state index in [-0.39, 0.29) is 23.5 Å². The van der Waals surface area contributed by atoms with Crippen molar-refractivity contribution in [1.29, 1.82) is 5.41 Å². The summed E-state index contributed by atoms with van der Waals surface area (Å²) in [5.41, 5.74) is 8.56. The first-order chi connectivity index (χ1) is 12.5. The molecule has 2 heterocycles. The lowest BCUT2D eigenvalue weighted by molar-refractivity contribution is -0.128. The van der Waals surface area contributed by atoms with E-state index in [0.29, 0.717) is 13.1 Å². The van der Waals surface area contributed by atoms with Crippen LogP contribution < -0.4 is 10.5 Å². The number of ketones is 1. The number of carbonyl (C=O) groups excluding carboxylic acids is 1. The second-order valence-electron chi connectivity index (χ2n) is 7.17. The molecule has 2 aliphatic heterocycles. The van der Waals surface area contributed by atoms with E-state index in [0.717, 1.165) is 22.4 Å². The fraction of sp³-hybridized carbons (Fsp3) is 0.333. The maximum absolute atomic E-state index is 13.2. The molecule has 3 N–H and O–H groups in total. The maximum Gasteiger partial charge on any atom is 0.201 e. The first kappa shape index (κ1) is 16.9. The average molecular weight is 349 g/mol. The van der Waals surface area contributed by atoms with Crippen molar-refractivity contribution in [2.45, 2.75) is 25.0 Å². The van der Waals surface area contributed by atoms with E-state index < -0.39 is 5.54 Å². The molecule has 134 valence electrons. The number of hydrogen-bond acceptors (Lipinski definition) is 5. The summed E-state index contributed by atoms with van der Waals surface area (Å²) in [5.74, 6) is 0.391. The third-order valence-corrected chi connectivity index (χ3v) is 5.92. The van der Waals surface area contributed by atoms with Crippen molar-refractivity contribution in [2.75, 3.05) is 13.7 Å². The van der Waals surface area contributed by atoms with Gasteiger partial charge in [0.25, 0.3) is 0 Å². The molecule has 5 heteroatoms. The van der Waals surface area contributed by atoms with E-state index in [1.807, 2.05) is 49.4 Å². The standard InChI is InChI=1S/C21H23N3O2/c1-21-17-6-4-3-5-15(17)19(16(11-22)18(23)20(21)25)24(21)12-13-7-9-14(26-2)10-8-13/h3-10,16,19,23H,11-12,22H2,1-2H3. The van der Waals surface area contributed by atoms with Crippen LogP contribution in [0.2, 0.25) is 0 Å². The number of ether oxygens (including phenoxy) is 1. The van der Waals surface area contributed by atoms with Crippen LogP contribution in [0.15, 0.2) is 48.5 Å². The molecule has 2 bridgehead atoms. The molecule has 1 fully saturated rings. The van der Waals surface area contributed by atoms with E-state index in [2.05, 4.69) is 11.0 Å². The summed E-state index contributed by atoms with van der Waals surface area (Å²) in [6.07, 6.45) is 0. The van der Waals surface area contributed by atoms with Crippen LogP contribution >= 0.6 is 0 Å². The minimum Gasteiger partial charge on any atom is -0.497 e. The molecule has 2 aliphatic rings. The summed E-state index contributed by atoms with van der Waals surface area (Å²) in [6, 6.07) is 15.9. The molecule has 0 spiro atoms. The van der Waals surface area contributed by atoms with Gasteiger partial charge in [0.05, 0.1) is 12.8 Å². The zero-order valence-electron chi connectivity index (χ0n) is 15.0. The number of benzene rings is 2. The molecule has 0 radical (unpaired) electrons. The third kappa shape index (κ3) is 2.17. The number of rotatable bonds is 4. The lowest BCUT2D eigenvalue weighted by Gasteiger charge is -2.45. The molecule has 0 amide bonds. The van der Waals surface area contributed by atoms with Gasteiger partial charge in [0.1, 0.15) is 11.3 Å². The molecule has 3 unspecified atom stereocenters. The van der Waals surface area contributed by atoms with Crippen molar-refractivity contribution in [3.8, 4) is 5.75 Å². The van der Waals surface area contributed by atoms with Gasteiger partial charge in [0.2, 0.25) is 5.78 Å². The number of fused-ring (bicyclic) bond motifs is 5. The number of nitrogens with one attached hydrogen (secondary N) is 1. The number of piperidine rings is 1. The summed E-state index contributed by atoms with van der Waals surface area (Å²) in [5, 5.41) is 8.40. The van der Waals surface area contributed by atoms with E-state index in [1.54, 1.807) is 7.11 Å². The van der Waals surface area contributed by atoms with Crippen LogP contribution in [0.4, 0.5) is 0 Å². The normalized spacial score (nSPS) is 27.5. The number of nitrogens with zero attached hydrogens (tertiary/aromatic N) is 1. The molecule has 3 atom stereocenters. The summed E-state index contributed by atoms with van der Waals surface area (Å²) in [7, 11) is 1.65. The number of hydrogen-bond donors (Lipinski definition) is 2. The molecule has 1 saturated heterocycles. The summed E-state index contributed by atoms with van der Waals surface area (Å²) < 4.78 is 5.24. The highest BCUT2D eigenvalue weighted by molar-refractivity contribution is 6.43. The molecule has 5 nitrogen and oxygen atoms in total. The van der Waals surface area contributed by atoms with Gasteiger partial charge in [-0.05, 0) is 35.7 Å². The van der Waals surface area contributed by atoms with Gasteiger partial charge in [0.15, 0.2) is 0 Å². The van der Waals surface area contributed by atoms with E-state index >= 15 is 0 Å². The van der Waals surface area contributed by atoms with Gasteiger partial charge in [-0.25, -0.2) is 0 Å².